The molecule has 2 atom stereocenters. The highest BCUT2D eigenvalue weighted by Crippen LogP contribution is 2.23. The molecule has 1 aromatic heterocycles. The van der Waals surface area contributed by atoms with Crippen LogP contribution in [0.4, 0.5) is 0 Å². The van der Waals surface area contributed by atoms with E-state index in [0.717, 1.165) is 0 Å². The van der Waals surface area contributed by atoms with E-state index in [4.69, 9.17) is 5.11 Å². The molecule has 0 radical (unpaired) electrons. The van der Waals surface area contributed by atoms with Gasteiger partial charge in [-0.25, -0.2) is 0 Å². The molecular weight excluding hydrogens is 292 g/mol. The summed E-state index contributed by atoms with van der Waals surface area (Å²) in [5.74, 6) is -1.68. The molecule has 0 spiro atoms. The zero-order valence-electron chi connectivity index (χ0n) is 11.7. The topological polar surface area (TPSA) is 86.7 Å². The van der Waals surface area contributed by atoms with E-state index in [9.17, 15) is 14.4 Å². The van der Waals surface area contributed by atoms with Crippen molar-refractivity contribution in [3.8, 4) is 0 Å². The SMILES string of the molecule is C[C@@H]1CN(C(=O)CCNC(=O)c2cccs2)C[C@H]1C(=O)O. The first-order valence-electron chi connectivity index (χ1n) is 6.81. The average Bonchev–Trinajstić information content (AvgIpc) is 3.07. The minimum atomic E-state index is -0.858. The molecule has 1 saturated heterocycles. The highest BCUT2D eigenvalue weighted by Gasteiger charge is 2.36. The third kappa shape index (κ3) is 3.81. The van der Waals surface area contributed by atoms with Gasteiger partial charge in [0.1, 0.15) is 0 Å². The van der Waals surface area contributed by atoms with Crippen molar-refractivity contribution in [1.82, 2.24) is 10.2 Å². The van der Waals surface area contributed by atoms with E-state index in [-0.39, 0.29) is 37.2 Å². The Morgan fingerprint density at radius 1 is 1.43 bits per heavy atom. The second-order valence-corrected chi connectivity index (χ2v) is 6.15. The number of thiophene rings is 1. The number of likely N-dealkylation sites (tertiary alicyclic amines) is 1. The van der Waals surface area contributed by atoms with Crippen LogP contribution >= 0.6 is 11.3 Å². The third-order valence-corrected chi connectivity index (χ3v) is 4.52. The maximum Gasteiger partial charge on any atom is 0.308 e. The number of hydrogen-bond acceptors (Lipinski definition) is 4. The molecule has 7 heteroatoms. The molecule has 0 unspecified atom stereocenters. The number of carbonyl (C=O) groups is 3. The Morgan fingerprint density at radius 2 is 2.19 bits per heavy atom. The molecule has 21 heavy (non-hydrogen) atoms. The second-order valence-electron chi connectivity index (χ2n) is 5.20. The molecule has 2 N–H and O–H groups in total. The lowest BCUT2D eigenvalue weighted by molar-refractivity contribution is -0.142. The lowest BCUT2D eigenvalue weighted by Gasteiger charge is -2.15. The summed E-state index contributed by atoms with van der Waals surface area (Å²) in [7, 11) is 0. The molecule has 6 nitrogen and oxygen atoms in total. The number of rotatable bonds is 5. The molecule has 1 fully saturated rings. The van der Waals surface area contributed by atoms with Gasteiger partial charge in [0.05, 0.1) is 10.8 Å². The Hall–Kier alpha value is -1.89. The number of nitrogens with zero attached hydrogens (tertiary/aromatic N) is 1. The molecular formula is C14H18N2O4S. The van der Waals surface area contributed by atoms with Gasteiger partial charge in [0.15, 0.2) is 0 Å². The van der Waals surface area contributed by atoms with Crippen LogP contribution in [0.2, 0.25) is 0 Å². The van der Waals surface area contributed by atoms with E-state index >= 15 is 0 Å². The third-order valence-electron chi connectivity index (χ3n) is 3.65. The maximum atomic E-state index is 12.0. The van der Waals surface area contributed by atoms with Gasteiger partial charge in [-0.2, -0.15) is 0 Å². The first-order valence-corrected chi connectivity index (χ1v) is 7.69. The Labute approximate surface area is 126 Å². The summed E-state index contributed by atoms with van der Waals surface area (Å²) in [6, 6.07) is 3.52. The van der Waals surface area contributed by atoms with Crippen molar-refractivity contribution in [3.05, 3.63) is 22.4 Å². The highest BCUT2D eigenvalue weighted by molar-refractivity contribution is 7.12. The highest BCUT2D eigenvalue weighted by atomic mass is 32.1. The van der Waals surface area contributed by atoms with Gasteiger partial charge in [-0.1, -0.05) is 13.0 Å². The summed E-state index contributed by atoms with van der Waals surface area (Å²) in [4.78, 5) is 36.9. The van der Waals surface area contributed by atoms with Crippen LogP contribution in [0.15, 0.2) is 17.5 Å². The van der Waals surface area contributed by atoms with Gasteiger partial charge in [0, 0.05) is 26.1 Å². The Kier molecular flexibility index (Phi) is 4.95. The van der Waals surface area contributed by atoms with Crippen molar-refractivity contribution in [2.75, 3.05) is 19.6 Å². The van der Waals surface area contributed by atoms with E-state index in [0.29, 0.717) is 11.4 Å². The van der Waals surface area contributed by atoms with Crippen molar-refractivity contribution >= 4 is 29.1 Å². The van der Waals surface area contributed by atoms with E-state index in [1.54, 1.807) is 17.0 Å². The Balaban J connectivity index is 1.75. The standard InChI is InChI=1S/C14H18N2O4S/c1-9-7-16(8-10(9)14(19)20)12(17)4-5-15-13(18)11-3-2-6-21-11/h2-3,6,9-10H,4-5,7-8H2,1H3,(H,15,18)(H,19,20)/t9-,10-/m1/s1. The van der Waals surface area contributed by atoms with Crippen LogP contribution in [0.1, 0.15) is 23.0 Å². The predicted octanol–water partition coefficient (Wildman–Crippen LogP) is 1.05. The zero-order valence-corrected chi connectivity index (χ0v) is 12.6. The number of aliphatic carboxylic acids is 1. The van der Waals surface area contributed by atoms with E-state index < -0.39 is 11.9 Å². The van der Waals surface area contributed by atoms with Crippen LogP contribution in [0, 0.1) is 11.8 Å². The van der Waals surface area contributed by atoms with E-state index in [1.165, 1.54) is 11.3 Å². The van der Waals surface area contributed by atoms with E-state index in [2.05, 4.69) is 5.32 Å². The van der Waals surface area contributed by atoms with Gasteiger partial charge in [-0.05, 0) is 17.4 Å². The number of hydrogen-bond donors (Lipinski definition) is 2. The second kappa shape index (κ2) is 6.71. The fourth-order valence-electron chi connectivity index (χ4n) is 2.43. The monoisotopic (exact) mass is 310 g/mol. The lowest BCUT2D eigenvalue weighted by Crippen LogP contribution is -2.33. The van der Waals surface area contributed by atoms with Gasteiger partial charge < -0.3 is 15.3 Å². The van der Waals surface area contributed by atoms with Crippen molar-refractivity contribution in [2.45, 2.75) is 13.3 Å². The molecule has 0 saturated carbocycles. The van der Waals surface area contributed by atoms with Crippen molar-refractivity contribution in [2.24, 2.45) is 11.8 Å². The van der Waals surface area contributed by atoms with Crippen LogP contribution in [-0.2, 0) is 9.59 Å². The fraction of sp³-hybridized carbons (Fsp3) is 0.500. The first kappa shape index (κ1) is 15.5. The predicted molar refractivity (Wildman–Crippen MR) is 78.1 cm³/mol. The van der Waals surface area contributed by atoms with Crippen LogP contribution in [0.3, 0.4) is 0 Å². The smallest absolute Gasteiger partial charge is 0.308 e. The molecule has 2 rings (SSSR count). The van der Waals surface area contributed by atoms with Gasteiger partial charge in [-0.15, -0.1) is 11.3 Å². The number of amides is 2. The van der Waals surface area contributed by atoms with Gasteiger partial charge in [0.2, 0.25) is 5.91 Å². The number of carboxylic acids is 1. The van der Waals surface area contributed by atoms with Crippen molar-refractivity contribution < 1.29 is 19.5 Å². The van der Waals surface area contributed by atoms with Gasteiger partial charge >= 0.3 is 5.97 Å². The molecule has 1 aliphatic rings. The number of nitrogens with one attached hydrogen (secondary N) is 1. The summed E-state index contributed by atoms with van der Waals surface area (Å²) in [6.45, 7) is 2.83. The minimum Gasteiger partial charge on any atom is -0.481 e. The summed E-state index contributed by atoms with van der Waals surface area (Å²) in [5.41, 5.74) is 0. The summed E-state index contributed by atoms with van der Waals surface area (Å²) >= 11 is 1.35. The van der Waals surface area contributed by atoms with E-state index in [1.807, 2.05) is 12.3 Å². The molecule has 1 aliphatic heterocycles. The first-order chi connectivity index (χ1) is 9.99. The molecule has 2 amide bonds. The Morgan fingerprint density at radius 3 is 2.76 bits per heavy atom. The minimum absolute atomic E-state index is 0.0350. The number of carbonyl (C=O) groups excluding carboxylic acids is 2. The summed E-state index contributed by atoms with van der Waals surface area (Å²) in [5, 5.41) is 13.6. The molecule has 0 aromatic carbocycles. The largest absolute Gasteiger partial charge is 0.481 e. The molecule has 0 bridgehead atoms. The summed E-state index contributed by atoms with van der Waals surface area (Å²) in [6.07, 6.45) is 0.191. The molecule has 114 valence electrons. The van der Waals surface area contributed by atoms with Gasteiger partial charge in [0.25, 0.3) is 5.91 Å². The Bertz CT molecular complexity index is 529. The quantitative estimate of drug-likeness (QED) is 0.851. The molecule has 2 heterocycles. The van der Waals surface area contributed by atoms with Crippen LogP contribution in [0.25, 0.3) is 0 Å². The zero-order chi connectivity index (χ0) is 15.4. The number of carboxylic acid groups (broad SMARTS) is 1. The average molecular weight is 310 g/mol. The molecule has 1 aromatic rings. The van der Waals surface area contributed by atoms with Gasteiger partial charge in [-0.3, -0.25) is 14.4 Å². The summed E-state index contributed by atoms with van der Waals surface area (Å²) < 4.78 is 0. The normalized spacial score (nSPS) is 21.3. The van der Waals surface area contributed by atoms with Crippen LogP contribution < -0.4 is 5.32 Å². The van der Waals surface area contributed by atoms with Crippen molar-refractivity contribution in [3.63, 3.8) is 0 Å². The lowest BCUT2D eigenvalue weighted by atomic mass is 9.99. The van der Waals surface area contributed by atoms with Crippen LogP contribution in [0.5, 0.6) is 0 Å². The fourth-order valence-corrected chi connectivity index (χ4v) is 3.07. The van der Waals surface area contributed by atoms with Crippen molar-refractivity contribution in [1.29, 1.82) is 0 Å². The maximum absolute atomic E-state index is 12.0. The van der Waals surface area contributed by atoms with Crippen LogP contribution in [-0.4, -0.2) is 47.4 Å². The molecule has 0 aliphatic carbocycles.